The molecule has 0 radical (unpaired) electrons. The van der Waals surface area contributed by atoms with E-state index < -0.39 is 11.7 Å². The lowest BCUT2D eigenvalue weighted by atomic mass is 10.2. The first-order valence-corrected chi connectivity index (χ1v) is 6.65. The number of nitrogens with one attached hydrogen (secondary N) is 1. The number of pyridine rings is 1. The summed E-state index contributed by atoms with van der Waals surface area (Å²) in [5.41, 5.74) is -0.0690. The zero-order chi connectivity index (χ0) is 15.6. The van der Waals surface area contributed by atoms with Crippen LogP contribution >= 0.6 is 11.6 Å². The number of aromatic nitrogens is 3. The van der Waals surface area contributed by atoms with Gasteiger partial charge in [0.1, 0.15) is 0 Å². The van der Waals surface area contributed by atoms with Crippen LogP contribution in [0.1, 0.15) is 25.0 Å². The number of alkyl halides is 3. The summed E-state index contributed by atoms with van der Waals surface area (Å²) in [7, 11) is 0. The molecule has 1 N–H and O–H groups in total. The predicted molar refractivity (Wildman–Crippen MR) is 73.3 cm³/mol. The van der Waals surface area contributed by atoms with Crippen molar-refractivity contribution in [3.63, 3.8) is 0 Å². The fourth-order valence-corrected chi connectivity index (χ4v) is 1.81. The third kappa shape index (κ3) is 3.95. The Morgan fingerprint density at radius 1 is 1.33 bits per heavy atom. The third-order valence-corrected chi connectivity index (χ3v) is 3.11. The summed E-state index contributed by atoms with van der Waals surface area (Å²) in [6.07, 6.45) is -1.35. The highest BCUT2D eigenvalue weighted by Crippen LogP contribution is 2.29. The fraction of sp³-hybridized carbons (Fsp3) is 0.385. The van der Waals surface area contributed by atoms with Crippen LogP contribution in [0.5, 0.6) is 0 Å². The van der Waals surface area contributed by atoms with E-state index in [1.165, 1.54) is 6.20 Å². The van der Waals surface area contributed by atoms with Gasteiger partial charge >= 0.3 is 6.18 Å². The van der Waals surface area contributed by atoms with Gasteiger partial charge in [-0.3, -0.25) is 0 Å². The smallest absolute Gasteiger partial charge is 0.310 e. The van der Waals surface area contributed by atoms with Crippen molar-refractivity contribution in [1.82, 2.24) is 20.1 Å². The van der Waals surface area contributed by atoms with E-state index in [-0.39, 0.29) is 11.9 Å². The molecular weight excluding hydrogens is 305 g/mol. The quantitative estimate of drug-likeness (QED) is 0.939. The SMILES string of the molecule is CC(C)NCc1cc(-n2cc(C(F)(F)F)cn2)ncc1Cl. The minimum atomic E-state index is -4.42. The van der Waals surface area contributed by atoms with E-state index in [4.69, 9.17) is 11.6 Å². The minimum Gasteiger partial charge on any atom is -0.310 e. The number of hydrogen-bond donors (Lipinski definition) is 1. The van der Waals surface area contributed by atoms with Gasteiger partial charge in [-0.15, -0.1) is 0 Å². The number of nitrogens with zero attached hydrogens (tertiary/aromatic N) is 3. The molecule has 0 unspecified atom stereocenters. The van der Waals surface area contributed by atoms with Crippen LogP contribution < -0.4 is 5.32 Å². The minimum absolute atomic E-state index is 0.263. The Bertz CT molecular complexity index is 622. The van der Waals surface area contributed by atoms with E-state index in [2.05, 4.69) is 15.4 Å². The predicted octanol–water partition coefficient (Wildman–Crippen LogP) is 3.44. The van der Waals surface area contributed by atoms with Gasteiger partial charge in [0.25, 0.3) is 0 Å². The third-order valence-electron chi connectivity index (χ3n) is 2.77. The van der Waals surface area contributed by atoms with Gasteiger partial charge in [-0.1, -0.05) is 25.4 Å². The topological polar surface area (TPSA) is 42.7 Å². The molecule has 0 atom stereocenters. The summed E-state index contributed by atoms with van der Waals surface area (Å²) in [4.78, 5) is 4.01. The van der Waals surface area contributed by atoms with Crippen LogP contribution in [-0.4, -0.2) is 20.8 Å². The Morgan fingerprint density at radius 3 is 2.62 bits per heavy atom. The molecular formula is C13H14ClF3N4. The first-order valence-electron chi connectivity index (χ1n) is 6.27. The zero-order valence-electron chi connectivity index (χ0n) is 11.4. The Hall–Kier alpha value is -1.60. The Morgan fingerprint density at radius 2 is 2.05 bits per heavy atom. The number of hydrogen-bond acceptors (Lipinski definition) is 3. The molecule has 0 aliphatic carbocycles. The molecule has 114 valence electrons. The standard InChI is InChI=1S/C13H14ClF3N4/c1-8(2)18-4-9-3-12(19-6-11(9)14)21-7-10(5-20-21)13(15,16)17/h3,5-8,18H,4H2,1-2H3. The van der Waals surface area contributed by atoms with Crippen molar-refractivity contribution in [2.75, 3.05) is 0 Å². The molecule has 0 saturated carbocycles. The largest absolute Gasteiger partial charge is 0.419 e. The van der Waals surface area contributed by atoms with Crippen LogP contribution in [0, 0.1) is 0 Å². The summed E-state index contributed by atoms with van der Waals surface area (Å²) in [5, 5.41) is 7.33. The van der Waals surface area contributed by atoms with E-state index in [0.29, 0.717) is 11.6 Å². The fourth-order valence-electron chi connectivity index (χ4n) is 1.64. The second-order valence-corrected chi connectivity index (χ2v) is 5.25. The normalized spacial score (nSPS) is 12.1. The molecule has 2 rings (SSSR count). The molecule has 0 saturated heterocycles. The van der Waals surface area contributed by atoms with Crippen LogP contribution in [0.25, 0.3) is 5.82 Å². The second kappa shape index (κ2) is 6.03. The molecule has 0 fully saturated rings. The van der Waals surface area contributed by atoms with E-state index in [9.17, 15) is 13.2 Å². The van der Waals surface area contributed by atoms with Gasteiger partial charge in [0.05, 0.1) is 16.8 Å². The molecule has 0 aromatic carbocycles. The van der Waals surface area contributed by atoms with Gasteiger partial charge in [0, 0.05) is 25.0 Å². The number of rotatable bonds is 4. The van der Waals surface area contributed by atoms with Gasteiger partial charge in [0.15, 0.2) is 5.82 Å². The van der Waals surface area contributed by atoms with Crippen LogP contribution in [-0.2, 0) is 12.7 Å². The van der Waals surface area contributed by atoms with Crippen molar-refractivity contribution in [2.45, 2.75) is 32.6 Å². The summed E-state index contributed by atoms with van der Waals surface area (Å²) < 4.78 is 38.8. The Labute approximate surface area is 124 Å². The van der Waals surface area contributed by atoms with E-state index >= 15 is 0 Å². The molecule has 0 spiro atoms. The molecule has 0 aliphatic heterocycles. The molecule has 2 aromatic rings. The molecule has 0 bridgehead atoms. The average Bonchev–Trinajstić information content (AvgIpc) is 2.87. The zero-order valence-corrected chi connectivity index (χ0v) is 12.2. The molecule has 0 aliphatic rings. The summed E-state index contributed by atoms with van der Waals surface area (Å²) in [6, 6.07) is 1.88. The maximum absolute atomic E-state index is 12.6. The molecule has 4 nitrogen and oxygen atoms in total. The van der Waals surface area contributed by atoms with E-state index in [1.807, 2.05) is 13.8 Å². The lowest BCUT2D eigenvalue weighted by Gasteiger charge is -2.10. The van der Waals surface area contributed by atoms with Gasteiger partial charge in [-0.05, 0) is 11.6 Å². The van der Waals surface area contributed by atoms with Crippen LogP contribution in [0.3, 0.4) is 0 Å². The highest BCUT2D eigenvalue weighted by Gasteiger charge is 2.32. The average molecular weight is 319 g/mol. The molecule has 2 aromatic heterocycles. The van der Waals surface area contributed by atoms with E-state index in [1.54, 1.807) is 6.07 Å². The van der Waals surface area contributed by atoms with Gasteiger partial charge in [0.2, 0.25) is 0 Å². The first kappa shape index (κ1) is 15.8. The second-order valence-electron chi connectivity index (χ2n) is 4.84. The van der Waals surface area contributed by atoms with Crippen LogP contribution in [0.2, 0.25) is 5.02 Å². The van der Waals surface area contributed by atoms with Crippen molar-refractivity contribution < 1.29 is 13.2 Å². The van der Waals surface area contributed by atoms with Crippen LogP contribution in [0.15, 0.2) is 24.7 Å². The highest BCUT2D eigenvalue weighted by atomic mass is 35.5. The van der Waals surface area contributed by atoms with Crippen molar-refractivity contribution in [3.05, 3.63) is 40.8 Å². The lowest BCUT2D eigenvalue weighted by molar-refractivity contribution is -0.137. The lowest BCUT2D eigenvalue weighted by Crippen LogP contribution is -2.22. The first-order chi connectivity index (χ1) is 9.77. The van der Waals surface area contributed by atoms with Crippen molar-refractivity contribution >= 4 is 11.6 Å². The Kier molecular flexibility index (Phi) is 4.53. The van der Waals surface area contributed by atoms with Crippen molar-refractivity contribution in [2.24, 2.45) is 0 Å². The van der Waals surface area contributed by atoms with E-state index in [0.717, 1.165) is 22.6 Å². The monoisotopic (exact) mass is 318 g/mol. The maximum Gasteiger partial charge on any atom is 0.419 e. The van der Waals surface area contributed by atoms with Gasteiger partial charge in [-0.2, -0.15) is 18.3 Å². The Balaban J connectivity index is 2.28. The molecule has 8 heteroatoms. The van der Waals surface area contributed by atoms with Gasteiger partial charge in [-0.25, -0.2) is 9.67 Å². The highest BCUT2D eigenvalue weighted by molar-refractivity contribution is 6.31. The van der Waals surface area contributed by atoms with Crippen LogP contribution in [0.4, 0.5) is 13.2 Å². The molecule has 0 amide bonds. The summed E-state index contributed by atoms with van der Waals surface area (Å²) in [6.45, 7) is 4.47. The number of halogens is 4. The summed E-state index contributed by atoms with van der Waals surface area (Å²) in [5.74, 6) is 0.287. The molecule has 2 heterocycles. The molecule has 21 heavy (non-hydrogen) atoms. The van der Waals surface area contributed by atoms with Crippen molar-refractivity contribution in [3.8, 4) is 5.82 Å². The summed E-state index contributed by atoms with van der Waals surface area (Å²) >= 11 is 6.03. The van der Waals surface area contributed by atoms with Crippen molar-refractivity contribution in [1.29, 1.82) is 0 Å². The maximum atomic E-state index is 12.6. The van der Waals surface area contributed by atoms with Gasteiger partial charge < -0.3 is 5.32 Å².